The number of sulfonamides is 1. The fourth-order valence-corrected chi connectivity index (χ4v) is 3.31. The van der Waals surface area contributed by atoms with Crippen LogP contribution in [0.5, 0.6) is 5.75 Å². The van der Waals surface area contributed by atoms with E-state index in [1.54, 1.807) is 45.2 Å². The fraction of sp³-hybridized carbons (Fsp3) is 0.250. The van der Waals surface area contributed by atoms with Crippen LogP contribution in [-0.4, -0.2) is 31.7 Å². The highest BCUT2D eigenvalue weighted by Crippen LogP contribution is 2.26. The minimum atomic E-state index is -3.72. The summed E-state index contributed by atoms with van der Waals surface area (Å²) in [6, 6.07) is 9.71. The zero-order valence-corrected chi connectivity index (χ0v) is 14.7. The predicted molar refractivity (Wildman–Crippen MR) is 89.4 cm³/mol. The third-order valence-electron chi connectivity index (χ3n) is 3.22. The molecule has 0 saturated carbocycles. The number of hydrogen-bond donors (Lipinski definition) is 1. The summed E-state index contributed by atoms with van der Waals surface area (Å²) in [7, 11) is -2.14. The Morgan fingerprint density at radius 3 is 2.48 bits per heavy atom. The molecular formula is C16H17N3O5S. The summed E-state index contributed by atoms with van der Waals surface area (Å²) in [5.41, 5.74) is 0.733. The molecule has 0 aliphatic heterocycles. The first-order valence-corrected chi connectivity index (χ1v) is 8.98. The van der Waals surface area contributed by atoms with Gasteiger partial charge >= 0.3 is 0 Å². The Balaban J connectivity index is 1.85. The van der Waals surface area contributed by atoms with Crippen molar-refractivity contribution in [1.29, 1.82) is 0 Å². The van der Waals surface area contributed by atoms with E-state index in [1.165, 1.54) is 12.1 Å². The van der Waals surface area contributed by atoms with E-state index in [9.17, 15) is 8.42 Å². The lowest BCUT2D eigenvalue weighted by Crippen LogP contribution is -2.29. The van der Waals surface area contributed by atoms with E-state index in [4.69, 9.17) is 13.7 Å². The Morgan fingerprint density at radius 1 is 1.12 bits per heavy atom. The highest BCUT2D eigenvalue weighted by molar-refractivity contribution is 7.89. The Hall–Kier alpha value is -2.65. The molecule has 0 atom stereocenters. The van der Waals surface area contributed by atoms with Crippen molar-refractivity contribution in [3.8, 4) is 28.8 Å². The van der Waals surface area contributed by atoms with E-state index in [-0.39, 0.29) is 22.8 Å². The Labute approximate surface area is 144 Å². The van der Waals surface area contributed by atoms with Crippen molar-refractivity contribution >= 4 is 10.0 Å². The van der Waals surface area contributed by atoms with Crippen molar-refractivity contribution < 1.29 is 22.1 Å². The number of ether oxygens (including phenoxy) is 1. The SMILES string of the molecule is COc1ccc(-c2noc(-c3ccc(S(=O)(=O)NC(C)C)o3)n2)cc1. The van der Waals surface area contributed by atoms with Crippen LogP contribution in [0.25, 0.3) is 23.0 Å². The van der Waals surface area contributed by atoms with E-state index < -0.39 is 10.0 Å². The monoisotopic (exact) mass is 363 g/mol. The van der Waals surface area contributed by atoms with Gasteiger partial charge < -0.3 is 13.7 Å². The van der Waals surface area contributed by atoms with Crippen LogP contribution in [0.3, 0.4) is 0 Å². The van der Waals surface area contributed by atoms with Crippen LogP contribution in [0.4, 0.5) is 0 Å². The maximum Gasteiger partial charge on any atom is 0.293 e. The van der Waals surface area contributed by atoms with Gasteiger partial charge in [0.15, 0.2) is 5.76 Å². The predicted octanol–water partition coefficient (Wildman–Crippen LogP) is 2.69. The summed E-state index contributed by atoms with van der Waals surface area (Å²) in [6.45, 7) is 3.45. The number of aromatic nitrogens is 2. The lowest BCUT2D eigenvalue weighted by Gasteiger charge is -2.06. The quantitative estimate of drug-likeness (QED) is 0.717. The molecule has 2 heterocycles. The normalized spacial score (nSPS) is 11.8. The lowest BCUT2D eigenvalue weighted by atomic mass is 10.2. The summed E-state index contributed by atoms with van der Waals surface area (Å²) < 4.78 is 42.2. The molecule has 0 bridgehead atoms. The first-order valence-electron chi connectivity index (χ1n) is 7.50. The molecule has 0 fully saturated rings. The van der Waals surface area contributed by atoms with Gasteiger partial charge in [-0.1, -0.05) is 5.16 Å². The van der Waals surface area contributed by atoms with Crippen LogP contribution in [0.1, 0.15) is 13.8 Å². The van der Waals surface area contributed by atoms with Crippen LogP contribution in [0, 0.1) is 0 Å². The number of hydrogen-bond acceptors (Lipinski definition) is 7. The summed E-state index contributed by atoms with van der Waals surface area (Å²) in [5.74, 6) is 1.35. The molecule has 0 unspecified atom stereocenters. The van der Waals surface area contributed by atoms with Crippen molar-refractivity contribution in [2.45, 2.75) is 25.0 Å². The molecule has 9 heteroatoms. The molecule has 0 aliphatic rings. The van der Waals surface area contributed by atoms with Gasteiger partial charge in [0.05, 0.1) is 7.11 Å². The van der Waals surface area contributed by atoms with Crippen molar-refractivity contribution in [3.05, 3.63) is 36.4 Å². The number of nitrogens with one attached hydrogen (secondary N) is 1. The highest BCUT2D eigenvalue weighted by atomic mass is 32.2. The molecule has 3 aromatic rings. The highest BCUT2D eigenvalue weighted by Gasteiger charge is 2.22. The van der Waals surface area contributed by atoms with Gasteiger partial charge in [0.1, 0.15) is 5.75 Å². The van der Waals surface area contributed by atoms with Gasteiger partial charge in [-0.2, -0.15) is 4.98 Å². The smallest absolute Gasteiger partial charge is 0.293 e. The molecule has 0 spiro atoms. The van der Waals surface area contributed by atoms with Crippen molar-refractivity contribution in [1.82, 2.24) is 14.9 Å². The number of nitrogens with zero attached hydrogens (tertiary/aromatic N) is 2. The van der Waals surface area contributed by atoms with Crippen LogP contribution in [0.2, 0.25) is 0 Å². The van der Waals surface area contributed by atoms with Crippen molar-refractivity contribution in [3.63, 3.8) is 0 Å². The Kier molecular flexibility index (Phi) is 4.60. The van der Waals surface area contributed by atoms with E-state index in [0.29, 0.717) is 11.6 Å². The second-order valence-electron chi connectivity index (χ2n) is 5.55. The molecule has 1 N–H and O–H groups in total. The van der Waals surface area contributed by atoms with Gasteiger partial charge in [-0.15, -0.1) is 0 Å². The molecular weight excluding hydrogens is 346 g/mol. The molecule has 25 heavy (non-hydrogen) atoms. The topological polar surface area (TPSA) is 107 Å². The summed E-state index contributed by atoms with van der Waals surface area (Å²) in [6.07, 6.45) is 0. The summed E-state index contributed by atoms with van der Waals surface area (Å²) in [4.78, 5) is 4.23. The number of rotatable bonds is 6. The van der Waals surface area contributed by atoms with Gasteiger partial charge in [0.25, 0.3) is 15.9 Å². The maximum absolute atomic E-state index is 12.1. The standard InChI is InChI=1S/C16H17N3O5S/c1-10(2)19-25(20,21)14-9-8-13(23-14)16-17-15(18-24-16)11-4-6-12(22-3)7-5-11/h4-10,19H,1-3H3. The minimum Gasteiger partial charge on any atom is -0.497 e. The number of methoxy groups -OCH3 is 1. The molecule has 0 saturated heterocycles. The fourth-order valence-electron chi connectivity index (χ4n) is 2.13. The van der Waals surface area contributed by atoms with Gasteiger partial charge in [-0.05, 0) is 50.2 Å². The van der Waals surface area contributed by atoms with Crippen LogP contribution in [0.15, 0.2) is 50.4 Å². The largest absolute Gasteiger partial charge is 0.497 e. The van der Waals surface area contributed by atoms with E-state index in [1.807, 2.05) is 0 Å². The third-order valence-corrected chi connectivity index (χ3v) is 4.75. The molecule has 132 valence electrons. The van der Waals surface area contributed by atoms with Gasteiger partial charge in [-0.3, -0.25) is 0 Å². The molecule has 3 rings (SSSR count). The molecule has 0 aliphatic carbocycles. The van der Waals surface area contributed by atoms with Crippen LogP contribution in [-0.2, 0) is 10.0 Å². The van der Waals surface area contributed by atoms with Gasteiger partial charge in [0, 0.05) is 11.6 Å². The Morgan fingerprint density at radius 2 is 1.84 bits per heavy atom. The second kappa shape index (κ2) is 6.69. The molecule has 2 aromatic heterocycles. The van der Waals surface area contributed by atoms with Crippen LogP contribution < -0.4 is 9.46 Å². The zero-order valence-electron chi connectivity index (χ0n) is 13.9. The first-order chi connectivity index (χ1) is 11.9. The second-order valence-corrected chi connectivity index (χ2v) is 7.19. The van der Waals surface area contributed by atoms with Crippen molar-refractivity contribution in [2.75, 3.05) is 7.11 Å². The molecule has 0 amide bonds. The lowest BCUT2D eigenvalue weighted by molar-refractivity contribution is 0.398. The molecule has 1 aromatic carbocycles. The zero-order chi connectivity index (χ0) is 18.0. The summed E-state index contributed by atoms with van der Waals surface area (Å²) >= 11 is 0. The number of furan rings is 1. The van der Waals surface area contributed by atoms with E-state index >= 15 is 0 Å². The average Bonchev–Trinajstić information content (AvgIpc) is 3.23. The minimum absolute atomic E-state index is 0.0943. The van der Waals surface area contributed by atoms with Crippen molar-refractivity contribution in [2.24, 2.45) is 0 Å². The first kappa shape index (κ1) is 17.2. The molecule has 8 nitrogen and oxygen atoms in total. The van der Waals surface area contributed by atoms with Gasteiger partial charge in [0.2, 0.25) is 10.9 Å². The molecule has 0 radical (unpaired) electrons. The summed E-state index contributed by atoms with van der Waals surface area (Å²) in [5, 5.41) is 3.68. The number of benzene rings is 1. The van der Waals surface area contributed by atoms with E-state index in [2.05, 4.69) is 14.9 Å². The maximum atomic E-state index is 12.1. The average molecular weight is 363 g/mol. The Bertz CT molecular complexity index is 958. The van der Waals surface area contributed by atoms with Crippen LogP contribution >= 0.6 is 0 Å². The van der Waals surface area contributed by atoms with Gasteiger partial charge in [-0.25, -0.2) is 13.1 Å². The third kappa shape index (κ3) is 3.72. The van der Waals surface area contributed by atoms with E-state index in [0.717, 1.165) is 5.56 Å².